The third-order valence-corrected chi connectivity index (χ3v) is 4.50. The molecule has 10 heteroatoms. The molecule has 1 atom stereocenters. The fourth-order valence-electron chi connectivity index (χ4n) is 2.88. The van der Waals surface area contributed by atoms with E-state index < -0.39 is 4.92 Å². The zero-order valence-corrected chi connectivity index (χ0v) is 16.5. The zero-order chi connectivity index (χ0) is 19.6. The minimum atomic E-state index is -0.581. The normalized spacial score (nSPS) is 15.7. The lowest BCUT2D eigenvalue weighted by Gasteiger charge is -2.17. The van der Waals surface area contributed by atoms with Gasteiger partial charge in [0, 0.05) is 35.8 Å². The van der Waals surface area contributed by atoms with E-state index in [0.29, 0.717) is 18.7 Å². The van der Waals surface area contributed by atoms with E-state index in [1.54, 1.807) is 23.1 Å². The van der Waals surface area contributed by atoms with E-state index >= 15 is 0 Å². The Morgan fingerprint density at radius 1 is 1.25 bits per heavy atom. The number of hydrogen-bond acceptors (Lipinski definition) is 6. The van der Waals surface area contributed by atoms with Gasteiger partial charge in [0.2, 0.25) is 5.75 Å². The van der Waals surface area contributed by atoms with Gasteiger partial charge in [-0.3, -0.25) is 14.9 Å². The van der Waals surface area contributed by atoms with E-state index in [2.05, 4.69) is 0 Å². The second-order valence-electron chi connectivity index (χ2n) is 6.14. The van der Waals surface area contributed by atoms with Crippen molar-refractivity contribution >= 4 is 35.6 Å². The van der Waals surface area contributed by atoms with Gasteiger partial charge in [-0.25, -0.2) is 0 Å². The highest BCUT2D eigenvalue weighted by atomic mass is 35.5. The number of methoxy groups -OCH3 is 1. The monoisotopic (exact) mass is 427 g/mol. The molecule has 0 aliphatic carbocycles. The van der Waals surface area contributed by atoms with Gasteiger partial charge in [-0.2, -0.15) is 0 Å². The Morgan fingerprint density at radius 2 is 1.96 bits per heavy atom. The molecule has 8 nitrogen and oxygen atoms in total. The van der Waals surface area contributed by atoms with Crippen LogP contribution in [-0.4, -0.2) is 42.0 Å². The molecule has 1 amide bonds. The highest BCUT2D eigenvalue weighted by Crippen LogP contribution is 2.38. The van der Waals surface area contributed by atoms with Crippen LogP contribution in [0.2, 0.25) is 5.02 Å². The van der Waals surface area contributed by atoms with Crippen molar-refractivity contribution in [3.8, 4) is 17.2 Å². The van der Waals surface area contributed by atoms with Crippen molar-refractivity contribution in [2.75, 3.05) is 20.2 Å². The van der Waals surface area contributed by atoms with Crippen molar-refractivity contribution in [3.63, 3.8) is 0 Å². The van der Waals surface area contributed by atoms with Gasteiger partial charge in [-0.15, -0.1) is 12.4 Å². The molecule has 2 aromatic carbocycles. The van der Waals surface area contributed by atoms with E-state index in [4.69, 9.17) is 26.8 Å². The van der Waals surface area contributed by atoms with Gasteiger partial charge in [0.15, 0.2) is 11.5 Å². The summed E-state index contributed by atoms with van der Waals surface area (Å²) >= 11 is 5.81. The molecule has 0 aromatic heterocycles. The standard InChI is InChI=1S/C18H18ClN3O5.ClH/c1-26-17-8-11(18(23)21-7-6-13(20)10-21)2-4-16(17)27-15-5-3-12(19)9-14(15)22(24)25;/h2-5,8-9,13H,6-7,10,20H2,1H3;1H/t13-;/m1./s1. The fraction of sp³-hybridized carbons (Fsp3) is 0.278. The quantitative estimate of drug-likeness (QED) is 0.576. The van der Waals surface area contributed by atoms with Crippen LogP contribution in [0.1, 0.15) is 16.8 Å². The number of carbonyl (C=O) groups excluding carboxylic acids is 1. The van der Waals surface area contributed by atoms with Crippen molar-refractivity contribution in [1.29, 1.82) is 0 Å². The van der Waals surface area contributed by atoms with Crippen LogP contribution >= 0.6 is 24.0 Å². The smallest absolute Gasteiger partial charge is 0.313 e. The lowest BCUT2D eigenvalue weighted by Crippen LogP contribution is -2.31. The molecule has 1 fully saturated rings. The molecular formula is C18H19Cl2N3O5. The van der Waals surface area contributed by atoms with Crippen LogP contribution in [0.3, 0.4) is 0 Å². The number of hydrogen-bond donors (Lipinski definition) is 1. The molecule has 0 radical (unpaired) electrons. The SMILES string of the molecule is COc1cc(C(=O)N2CC[C@@H](N)C2)ccc1Oc1ccc(Cl)cc1[N+](=O)[O-].Cl. The summed E-state index contributed by atoms with van der Waals surface area (Å²) in [6, 6.07) is 8.77. The highest BCUT2D eigenvalue weighted by molar-refractivity contribution is 6.30. The number of carbonyl (C=O) groups is 1. The van der Waals surface area contributed by atoms with Gasteiger partial charge in [-0.05, 0) is 36.8 Å². The third-order valence-electron chi connectivity index (χ3n) is 4.26. The molecule has 1 aliphatic heterocycles. The van der Waals surface area contributed by atoms with Crippen molar-refractivity contribution in [1.82, 2.24) is 4.90 Å². The van der Waals surface area contributed by atoms with Crippen LogP contribution in [0, 0.1) is 10.1 Å². The predicted molar refractivity (Wildman–Crippen MR) is 107 cm³/mol. The third kappa shape index (κ3) is 4.64. The second-order valence-corrected chi connectivity index (χ2v) is 6.57. The van der Waals surface area contributed by atoms with Gasteiger partial charge < -0.3 is 20.1 Å². The van der Waals surface area contributed by atoms with Crippen LogP contribution in [0.5, 0.6) is 17.2 Å². The van der Waals surface area contributed by atoms with E-state index in [1.807, 2.05) is 0 Å². The molecule has 2 aromatic rings. The van der Waals surface area contributed by atoms with Crippen molar-refractivity contribution < 1.29 is 19.2 Å². The van der Waals surface area contributed by atoms with Crippen molar-refractivity contribution in [2.45, 2.75) is 12.5 Å². The van der Waals surface area contributed by atoms with E-state index in [0.717, 1.165) is 6.42 Å². The molecule has 0 spiro atoms. The first-order valence-electron chi connectivity index (χ1n) is 8.23. The van der Waals surface area contributed by atoms with E-state index in [1.165, 1.54) is 25.3 Å². The largest absolute Gasteiger partial charge is 0.493 e. The topological polar surface area (TPSA) is 108 Å². The first kappa shape index (κ1) is 21.7. The summed E-state index contributed by atoms with van der Waals surface area (Å²) in [5.41, 5.74) is 6.02. The average Bonchev–Trinajstić information content (AvgIpc) is 3.09. The molecule has 28 heavy (non-hydrogen) atoms. The lowest BCUT2D eigenvalue weighted by atomic mass is 10.1. The number of nitrogens with zero attached hydrogens (tertiary/aromatic N) is 2. The Kier molecular flexibility index (Phi) is 7.06. The van der Waals surface area contributed by atoms with E-state index in [9.17, 15) is 14.9 Å². The molecule has 0 bridgehead atoms. The predicted octanol–water partition coefficient (Wildman–Crippen LogP) is 3.64. The number of nitrogens with two attached hydrogens (primary N) is 1. The Hall–Kier alpha value is -2.55. The Morgan fingerprint density at radius 3 is 2.57 bits per heavy atom. The highest BCUT2D eigenvalue weighted by Gasteiger charge is 2.25. The maximum atomic E-state index is 12.6. The summed E-state index contributed by atoms with van der Waals surface area (Å²) in [5.74, 6) is 0.406. The zero-order valence-electron chi connectivity index (χ0n) is 15.0. The summed E-state index contributed by atoms with van der Waals surface area (Å²) in [6.07, 6.45) is 0.768. The molecular weight excluding hydrogens is 409 g/mol. The number of amides is 1. The van der Waals surface area contributed by atoms with Gasteiger partial charge in [0.1, 0.15) is 0 Å². The maximum Gasteiger partial charge on any atom is 0.313 e. The lowest BCUT2D eigenvalue weighted by molar-refractivity contribution is -0.385. The molecule has 1 heterocycles. The summed E-state index contributed by atoms with van der Waals surface area (Å²) in [7, 11) is 1.43. The van der Waals surface area contributed by atoms with Crippen LogP contribution in [0.25, 0.3) is 0 Å². The molecule has 0 unspecified atom stereocenters. The van der Waals surface area contributed by atoms with Crippen LogP contribution in [-0.2, 0) is 0 Å². The fourth-order valence-corrected chi connectivity index (χ4v) is 3.04. The van der Waals surface area contributed by atoms with Gasteiger partial charge in [0.05, 0.1) is 12.0 Å². The van der Waals surface area contributed by atoms with Crippen LogP contribution in [0.15, 0.2) is 36.4 Å². The Balaban J connectivity index is 0.00000280. The summed E-state index contributed by atoms with van der Waals surface area (Å²) < 4.78 is 11.0. The minimum absolute atomic E-state index is 0. The molecule has 3 rings (SSSR count). The number of nitro benzene ring substituents is 1. The number of benzene rings is 2. The van der Waals surface area contributed by atoms with Gasteiger partial charge in [-0.1, -0.05) is 11.6 Å². The summed E-state index contributed by atoms with van der Waals surface area (Å²) in [5, 5.41) is 11.4. The first-order valence-corrected chi connectivity index (χ1v) is 8.61. The molecule has 2 N–H and O–H groups in total. The van der Waals surface area contributed by atoms with E-state index in [-0.39, 0.29) is 52.3 Å². The first-order chi connectivity index (χ1) is 12.9. The Bertz CT molecular complexity index is 894. The second kappa shape index (κ2) is 9.09. The Labute approximate surface area is 172 Å². The van der Waals surface area contributed by atoms with Gasteiger partial charge >= 0.3 is 5.69 Å². The maximum absolute atomic E-state index is 12.6. The average molecular weight is 428 g/mol. The van der Waals surface area contributed by atoms with Crippen LogP contribution in [0.4, 0.5) is 5.69 Å². The number of halogens is 2. The number of rotatable bonds is 5. The van der Waals surface area contributed by atoms with Crippen molar-refractivity contribution in [3.05, 3.63) is 57.1 Å². The molecule has 0 saturated carbocycles. The number of likely N-dealkylation sites (tertiary alicyclic amines) is 1. The minimum Gasteiger partial charge on any atom is -0.493 e. The number of nitro groups is 1. The summed E-state index contributed by atoms with van der Waals surface area (Å²) in [4.78, 5) is 24.9. The molecule has 1 aliphatic rings. The number of ether oxygens (including phenoxy) is 2. The molecule has 150 valence electrons. The van der Waals surface area contributed by atoms with Crippen molar-refractivity contribution in [2.24, 2.45) is 5.73 Å². The van der Waals surface area contributed by atoms with Gasteiger partial charge in [0.25, 0.3) is 5.91 Å². The van der Waals surface area contributed by atoms with Crippen LogP contribution < -0.4 is 15.2 Å². The molecule has 1 saturated heterocycles. The summed E-state index contributed by atoms with van der Waals surface area (Å²) in [6.45, 7) is 1.12.